The molecule has 1 heterocycles. The number of aromatic nitrogens is 1. The number of alkyl halides is 3. The van der Waals surface area contributed by atoms with Crippen molar-refractivity contribution >= 4 is 16.0 Å². The summed E-state index contributed by atoms with van der Waals surface area (Å²) in [5.74, 6) is -0.513. The van der Waals surface area contributed by atoms with Gasteiger partial charge in [0.25, 0.3) is 0 Å². The quantitative estimate of drug-likeness (QED) is 0.735. The second-order valence-electron chi connectivity index (χ2n) is 4.80. The standard InChI is InChI=1S/C13H17F3N2O5S/c1-4-22-12(19)11-5-10(6-17-9(11)3)23-7-8(2)18-24(20,21)13(14,15)16/h5-6,8,18H,4,7H2,1-3H3. The number of carbonyl (C=O) groups excluding carboxylic acids is 1. The van der Waals surface area contributed by atoms with Gasteiger partial charge >= 0.3 is 21.5 Å². The number of pyridine rings is 1. The van der Waals surface area contributed by atoms with Crippen molar-refractivity contribution in [1.29, 1.82) is 0 Å². The number of ether oxygens (including phenoxy) is 2. The zero-order valence-electron chi connectivity index (χ0n) is 13.2. The van der Waals surface area contributed by atoms with Crippen LogP contribution in [0.25, 0.3) is 0 Å². The van der Waals surface area contributed by atoms with Crippen LogP contribution in [0.5, 0.6) is 5.75 Å². The second kappa shape index (κ2) is 7.79. The van der Waals surface area contributed by atoms with Crippen molar-refractivity contribution in [1.82, 2.24) is 9.71 Å². The van der Waals surface area contributed by atoms with Crippen LogP contribution in [0.4, 0.5) is 13.2 Å². The molecule has 1 rings (SSSR count). The van der Waals surface area contributed by atoms with E-state index in [0.717, 1.165) is 0 Å². The molecule has 0 aliphatic carbocycles. The SMILES string of the molecule is CCOC(=O)c1cc(OCC(C)NS(=O)(=O)C(F)(F)F)cnc1C. The van der Waals surface area contributed by atoms with E-state index in [2.05, 4.69) is 4.98 Å². The molecule has 0 saturated heterocycles. The number of esters is 1. The Bertz CT molecular complexity index is 691. The van der Waals surface area contributed by atoms with Gasteiger partial charge in [0.15, 0.2) is 0 Å². The number of nitrogens with one attached hydrogen (secondary N) is 1. The van der Waals surface area contributed by atoms with E-state index in [9.17, 15) is 26.4 Å². The summed E-state index contributed by atoms with van der Waals surface area (Å²) in [5, 5.41) is 0. The van der Waals surface area contributed by atoms with Gasteiger partial charge < -0.3 is 9.47 Å². The summed E-state index contributed by atoms with van der Waals surface area (Å²) in [5.41, 5.74) is -4.85. The first kappa shape index (κ1) is 20.2. The molecule has 0 radical (unpaired) electrons. The maximum atomic E-state index is 12.3. The number of hydrogen-bond acceptors (Lipinski definition) is 6. The van der Waals surface area contributed by atoms with Crippen LogP contribution in [0.1, 0.15) is 29.9 Å². The van der Waals surface area contributed by atoms with Crippen molar-refractivity contribution in [2.75, 3.05) is 13.2 Å². The number of hydrogen-bond donors (Lipinski definition) is 1. The first-order valence-electron chi connectivity index (χ1n) is 6.83. The third-order valence-corrected chi connectivity index (χ3v) is 4.04. The predicted molar refractivity (Wildman–Crippen MR) is 78.0 cm³/mol. The molecule has 0 aliphatic heterocycles. The molecule has 1 aromatic heterocycles. The Morgan fingerprint density at radius 3 is 2.58 bits per heavy atom. The number of carbonyl (C=O) groups is 1. The highest BCUT2D eigenvalue weighted by molar-refractivity contribution is 7.90. The largest absolute Gasteiger partial charge is 0.511 e. The van der Waals surface area contributed by atoms with Crippen molar-refractivity contribution in [3.05, 3.63) is 23.5 Å². The normalized spacial score (nSPS) is 13.4. The van der Waals surface area contributed by atoms with E-state index >= 15 is 0 Å². The van der Waals surface area contributed by atoms with Crippen LogP contribution < -0.4 is 9.46 Å². The molecule has 24 heavy (non-hydrogen) atoms. The molecule has 7 nitrogen and oxygen atoms in total. The average molecular weight is 370 g/mol. The summed E-state index contributed by atoms with van der Waals surface area (Å²) in [6.45, 7) is 4.20. The Hall–Kier alpha value is -1.88. The van der Waals surface area contributed by atoms with Gasteiger partial charge in [-0.25, -0.2) is 17.9 Å². The first-order valence-corrected chi connectivity index (χ1v) is 8.31. The minimum atomic E-state index is -5.46. The van der Waals surface area contributed by atoms with E-state index in [1.807, 2.05) is 0 Å². The molecule has 1 aromatic rings. The van der Waals surface area contributed by atoms with Crippen molar-refractivity contribution in [2.24, 2.45) is 0 Å². The Balaban J connectivity index is 2.74. The van der Waals surface area contributed by atoms with Gasteiger partial charge in [0.05, 0.1) is 30.1 Å². The summed E-state index contributed by atoms with van der Waals surface area (Å²) < 4.78 is 70.2. The number of rotatable bonds is 7. The lowest BCUT2D eigenvalue weighted by atomic mass is 10.2. The molecule has 0 aliphatic rings. The second-order valence-corrected chi connectivity index (χ2v) is 6.51. The van der Waals surface area contributed by atoms with E-state index in [4.69, 9.17) is 9.47 Å². The van der Waals surface area contributed by atoms with Crippen molar-refractivity contribution in [3.8, 4) is 5.75 Å². The molecule has 1 atom stereocenters. The summed E-state index contributed by atoms with van der Waals surface area (Å²) >= 11 is 0. The van der Waals surface area contributed by atoms with Crippen LogP contribution in [0.2, 0.25) is 0 Å². The number of sulfonamides is 1. The van der Waals surface area contributed by atoms with Gasteiger partial charge in [-0.05, 0) is 26.8 Å². The number of halogens is 3. The smallest absolute Gasteiger partial charge is 0.490 e. The zero-order valence-corrected chi connectivity index (χ0v) is 14.0. The highest BCUT2D eigenvalue weighted by Crippen LogP contribution is 2.22. The number of nitrogens with zero attached hydrogens (tertiary/aromatic N) is 1. The molecule has 0 spiro atoms. The summed E-state index contributed by atoms with van der Waals surface area (Å²) in [6.07, 6.45) is 1.27. The van der Waals surface area contributed by atoms with E-state index in [-0.39, 0.29) is 24.5 Å². The van der Waals surface area contributed by atoms with Gasteiger partial charge in [-0.3, -0.25) is 4.98 Å². The van der Waals surface area contributed by atoms with E-state index in [1.165, 1.54) is 23.9 Å². The van der Waals surface area contributed by atoms with Crippen LogP contribution >= 0.6 is 0 Å². The molecule has 11 heteroatoms. The third kappa shape index (κ3) is 5.34. The minimum Gasteiger partial charge on any atom is -0.490 e. The predicted octanol–water partition coefficient (Wildman–Crippen LogP) is 1.77. The van der Waals surface area contributed by atoms with E-state index < -0.39 is 27.5 Å². The van der Waals surface area contributed by atoms with Crippen LogP contribution in [0.15, 0.2) is 12.3 Å². The van der Waals surface area contributed by atoms with E-state index in [1.54, 1.807) is 13.8 Å². The molecule has 1 N–H and O–H groups in total. The highest BCUT2D eigenvalue weighted by atomic mass is 32.2. The van der Waals surface area contributed by atoms with Crippen LogP contribution in [-0.2, 0) is 14.8 Å². The molecule has 0 fully saturated rings. The first-order chi connectivity index (χ1) is 11.0. The van der Waals surface area contributed by atoms with E-state index in [0.29, 0.717) is 5.69 Å². The van der Waals surface area contributed by atoms with Gasteiger partial charge in [0.2, 0.25) is 0 Å². The van der Waals surface area contributed by atoms with Crippen molar-refractivity contribution in [2.45, 2.75) is 32.3 Å². The molecule has 0 bridgehead atoms. The Morgan fingerprint density at radius 2 is 2.04 bits per heavy atom. The van der Waals surface area contributed by atoms with Crippen LogP contribution in [-0.4, -0.2) is 44.1 Å². The lowest BCUT2D eigenvalue weighted by Gasteiger charge is -2.16. The average Bonchev–Trinajstić information content (AvgIpc) is 2.45. The van der Waals surface area contributed by atoms with Crippen molar-refractivity contribution in [3.63, 3.8) is 0 Å². The Morgan fingerprint density at radius 1 is 1.42 bits per heavy atom. The van der Waals surface area contributed by atoms with Crippen molar-refractivity contribution < 1.29 is 35.9 Å². The molecular formula is C13H17F3N2O5S. The fourth-order valence-electron chi connectivity index (χ4n) is 1.60. The summed E-state index contributed by atoms with van der Waals surface area (Å²) in [6, 6.07) is 0.176. The maximum absolute atomic E-state index is 12.3. The van der Waals surface area contributed by atoms with Crippen LogP contribution in [0, 0.1) is 6.92 Å². The molecular weight excluding hydrogens is 353 g/mol. The van der Waals surface area contributed by atoms with Crippen LogP contribution in [0.3, 0.4) is 0 Å². The summed E-state index contributed by atoms with van der Waals surface area (Å²) in [4.78, 5) is 15.6. The maximum Gasteiger partial charge on any atom is 0.511 e. The minimum absolute atomic E-state index is 0.0988. The summed E-state index contributed by atoms with van der Waals surface area (Å²) in [7, 11) is -5.46. The topological polar surface area (TPSA) is 94.6 Å². The molecule has 1 unspecified atom stereocenters. The van der Waals surface area contributed by atoms with Gasteiger partial charge in [0, 0.05) is 0 Å². The molecule has 0 amide bonds. The van der Waals surface area contributed by atoms with Gasteiger partial charge in [-0.15, -0.1) is 0 Å². The zero-order chi connectivity index (χ0) is 18.5. The molecule has 0 saturated carbocycles. The highest BCUT2D eigenvalue weighted by Gasteiger charge is 2.46. The molecule has 0 aromatic carbocycles. The number of aryl methyl sites for hydroxylation is 1. The van der Waals surface area contributed by atoms with Gasteiger partial charge in [0.1, 0.15) is 12.4 Å². The fourth-order valence-corrected chi connectivity index (χ4v) is 2.33. The lowest BCUT2D eigenvalue weighted by Crippen LogP contribution is -2.43. The monoisotopic (exact) mass is 370 g/mol. The fraction of sp³-hybridized carbons (Fsp3) is 0.538. The third-order valence-electron chi connectivity index (χ3n) is 2.72. The lowest BCUT2D eigenvalue weighted by molar-refractivity contribution is -0.0451. The Kier molecular flexibility index (Phi) is 6.55. The van der Waals surface area contributed by atoms with Gasteiger partial charge in [-0.1, -0.05) is 0 Å². The van der Waals surface area contributed by atoms with Gasteiger partial charge in [-0.2, -0.15) is 13.2 Å². The molecule has 136 valence electrons. The Labute approximate surface area is 137 Å².